The maximum Gasteiger partial charge on any atom is 0.265 e. The van der Waals surface area contributed by atoms with E-state index >= 15 is 0 Å². The highest BCUT2D eigenvalue weighted by Gasteiger charge is 2.16. The number of rotatable bonds is 4. The number of aromatic nitrogens is 1. The molecule has 7 heteroatoms. The van der Waals surface area contributed by atoms with Crippen LogP contribution in [-0.4, -0.2) is 16.8 Å². The van der Waals surface area contributed by atoms with Gasteiger partial charge in [0.1, 0.15) is 5.01 Å². The SMILES string of the molecule is O=C1CCc2cc(-c3csc(-c4ccc(NC(=O)c5cccs5)cc4)n3)ccc2N1. The minimum Gasteiger partial charge on any atom is -0.326 e. The second-order valence-corrected chi connectivity index (χ2v) is 8.77. The number of thiophene rings is 1. The second-order valence-electron chi connectivity index (χ2n) is 6.97. The Morgan fingerprint density at radius 3 is 2.63 bits per heavy atom. The maximum atomic E-state index is 12.2. The number of hydrogen-bond acceptors (Lipinski definition) is 5. The van der Waals surface area contributed by atoms with Gasteiger partial charge in [0, 0.05) is 34.3 Å². The molecule has 2 aromatic heterocycles. The average molecular weight is 432 g/mol. The molecule has 0 fully saturated rings. The fourth-order valence-electron chi connectivity index (χ4n) is 3.38. The number of hydrogen-bond donors (Lipinski definition) is 2. The van der Waals surface area contributed by atoms with Crippen molar-refractivity contribution < 1.29 is 9.59 Å². The summed E-state index contributed by atoms with van der Waals surface area (Å²) in [4.78, 5) is 29.2. The molecule has 0 atom stereocenters. The largest absolute Gasteiger partial charge is 0.326 e. The zero-order chi connectivity index (χ0) is 20.5. The smallest absolute Gasteiger partial charge is 0.265 e. The maximum absolute atomic E-state index is 12.2. The molecule has 0 radical (unpaired) electrons. The number of fused-ring (bicyclic) bond motifs is 1. The van der Waals surface area contributed by atoms with Crippen molar-refractivity contribution in [3.05, 3.63) is 75.8 Å². The Kier molecular flexibility index (Phi) is 4.90. The van der Waals surface area contributed by atoms with Gasteiger partial charge in [-0.25, -0.2) is 4.98 Å². The first kappa shape index (κ1) is 18.7. The highest BCUT2D eigenvalue weighted by Crippen LogP contribution is 2.32. The Morgan fingerprint density at radius 2 is 1.83 bits per heavy atom. The van der Waals surface area contributed by atoms with E-state index in [-0.39, 0.29) is 11.8 Å². The monoisotopic (exact) mass is 431 g/mol. The summed E-state index contributed by atoms with van der Waals surface area (Å²) in [6.07, 6.45) is 1.28. The zero-order valence-corrected chi connectivity index (χ0v) is 17.5. The number of carbonyl (C=O) groups excluding carboxylic acids is 2. The first-order valence-corrected chi connectivity index (χ1v) is 11.3. The summed E-state index contributed by atoms with van der Waals surface area (Å²) in [5.41, 5.74) is 5.77. The number of aryl methyl sites for hydroxylation is 1. The fourth-order valence-corrected chi connectivity index (χ4v) is 4.83. The van der Waals surface area contributed by atoms with Gasteiger partial charge in [0.25, 0.3) is 5.91 Å². The van der Waals surface area contributed by atoms with E-state index < -0.39 is 0 Å². The van der Waals surface area contributed by atoms with E-state index in [1.54, 1.807) is 17.4 Å². The summed E-state index contributed by atoms with van der Waals surface area (Å²) in [7, 11) is 0. The Bertz CT molecular complexity index is 1230. The van der Waals surface area contributed by atoms with E-state index in [4.69, 9.17) is 4.98 Å². The van der Waals surface area contributed by atoms with Gasteiger partial charge in [-0.05, 0) is 59.8 Å². The van der Waals surface area contributed by atoms with E-state index in [0.29, 0.717) is 11.3 Å². The molecule has 5 nitrogen and oxygen atoms in total. The van der Waals surface area contributed by atoms with Crippen LogP contribution >= 0.6 is 22.7 Å². The summed E-state index contributed by atoms with van der Waals surface area (Å²) in [5.74, 6) is -0.0286. The van der Waals surface area contributed by atoms with Crippen LogP contribution in [0.15, 0.2) is 65.4 Å². The third-order valence-corrected chi connectivity index (χ3v) is 6.70. The van der Waals surface area contributed by atoms with E-state index in [2.05, 4.69) is 16.7 Å². The third-order valence-electron chi connectivity index (χ3n) is 4.94. The van der Waals surface area contributed by atoms with Crippen molar-refractivity contribution in [1.29, 1.82) is 0 Å². The van der Waals surface area contributed by atoms with Crippen molar-refractivity contribution >= 4 is 45.9 Å². The lowest BCUT2D eigenvalue weighted by Crippen LogP contribution is -2.18. The fraction of sp³-hybridized carbons (Fsp3) is 0.0870. The van der Waals surface area contributed by atoms with Crippen LogP contribution in [0.5, 0.6) is 0 Å². The lowest BCUT2D eigenvalue weighted by atomic mass is 9.99. The summed E-state index contributed by atoms with van der Waals surface area (Å²) in [6.45, 7) is 0. The zero-order valence-electron chi connectivity index (χ0n) is 15.8. The second kappa shape index (κ2) is 7.85. The Morgan fingerprint density at radius 1 is 1.00 bits per heavy atom. The number of thiazole rings is 1. The van der Waals surface area contributed by atoms with Crippen LogP contribution in [0.2, 0.25) is 0 Å². The molecule has 148 valence electrons. The molecule has 0 aliphatic carbocycles. The van der Waals surface area contributed by atoms with Crippen molar-refractivity contribution in [2.75, 3.05) is 10.6 Å². The number of nitrogens with one attached hydrogen (secondary N) is 2. The van der Waals surface area contributed by atoms with Crippen LogP contribution in [0.1, 0.15) is 21.7 Å². The topological polar surface area (TPSA) is 71.1 Å². The van der Waals surface area contributed by atoms with Gasteiger partial charge in [-0.15, -0.1) is 22.7 Å². The van der Waals surface area contributed by atoms with Crippen LogP contribution in [0, 0.1) is 0 Å². The first-order chi connectivity index (χ1) is 14.7. The van der Waals surface area contributed by atoms with Gasteiger partial charge < -0.3 is 10.6 Å². The number of carbonyl (C=O) groups is 2. The lowest BCUT2D eigenvalue weighted by Gasteiger charge is -2.17. The first-order valence-electron chi connectivity index (χ1n) is 9.50. The summed E-state index contributed by atoms with van der Waals surface area (Å²) in [6, 6.07) is 17.4. The molecule has 30 heavy (non-hydrogen) atoms. The molecule has 0 spiro atoms. The molecule has 0 unspecified atom stereocenters. The van der Waals surface area contributed by atoms with Crippen LogP contribution < -0.4 is 10.6 Å². The van der Waals surface area contributed by atoms with Crippen molar-refractivity contribution in [1.82, 2.24) is 4.98 Å². The van der Waals surface area contributed by atoms with Crippen LogP contribution in [0.3, 0.4) is 0 Å². The molecule has 3 heterocycles. The van der Waals surface area contributed by atoms with Crippen LogP contribution in [0.4, 0.5) is 11.4 Å². The van der Waals surface area contributed by atoms with Gasteiger partial charge >= 0.3 is 0 Å². The molecule has 2 N–H and O–H groups in total. The molecule has 0 saturated heterocycles. The standard InChI is InChI=1S/C23H17N3O2S2/c27-21-10-6-15-12-16(5-9-18(15)25-21)19-13-30-23(26-19)14-3-7-17(8-4-14)24-22(28)20-2-1-11-29-20/h1-5,7-9,11-13H,6,10H2,(H,24,28)(H,25,27). The molecule has 1 aliphatic heterocycles. The molecule has 2 aromatic carbocycles. The number of amides is 2. The predicted molar refractivity (Wildman–Crippen MR) is 122 cm³/mol. The van der Waals surface area contributed by atoms with E-state index in [9.17, 15) is 9.59 Å². The van der Waals surface area contributed by atoms with Crippen molar-refractivity contribution in [3.63, 3.8) is 0 Å². The van der Waals surface area contributed by atoms with Gasteiger partial charge in [-0.3, -0.25) is 9.59 Å². The van der Waals surface area contributed by atoms with Gasteiger partial charge in [-0.2, -0.15) is 0 Å². The predicted octanol–water partition coefficient (Wildman–Crippen LogP) is 5.68. The lowest BCUT2D eigenvalue weighted by molar-refractivity contribution is -0.116. The summed E-state index contributed by atoms with van der Waals surface area (Å²) < 4.78 is 0. The average Bonchev–Trinajstić information content (AvgIpc) is 3.46. The Balaban J connectivity index is 1.33. The van der Waals surface area contributed by atoms with Crippen molar-refractivity contribution in [2.24, 2.45) is 0 Å². The highest BCUT2D eigenvalue weighted by molar-refractivity contribution is 7.13. The Labute approximate surface area is 181 Å². The molecular weight excluding hydrogens is 414 g/mol. The Hall–Kier alpha value is -3.29. The molecular formula is C23H17N3O2S2. The molecule has 2 amide bonds. The summed E-state index contributed by atoms with van der Waals surface area (Å²) >= 11 is 3.01. The van der Waals surface area contributed by atoms with Crippen LogP contribution in [0.25, 0.3) is 21.8 Å². The molecule has 0 bridgehead atoms. The van der Waals surface area contributed by atoms with Gasteiger partial charge in [0.2, 0.25) is 5.91 Å². The third kappa shape index (κ3) is 3.77. The highest BCUT2D eigenvalue weighted by atomic mass is 32.1. The number of anilines is 2. The minimum absolute atomic E-state index is 0.0706. The normalized spacial score (nSPS) is 12.9. The van der Waals surface area contributed by atoms with Crippen molar-refractivity contribution in [2.45, 2.75) is 12.8 Å². The van der Waals surface area contributed by atoms with Gasteiger partial charge in [0.05, 0.1) is 10.6 Å². The molecule has 4 aromatic rings. The molecule has 0 saturated carbocycles. The molecule has 5 rings (SSSR count). The summed E-state index contributed by atoms with van der Waals surface area (Å²) in [5, 5.41) is 10.7. The van der Waals surface area contributed by atoms with E-state index in [1.807, 2.05) is 53.2 Å². The number of nitrogens with zero attached hydrogens (tertiary/aromatic N) is 1. The van der Waals surface area contributed by atoms with Crippen molar-refractivity contribution in [3.8, 4) is 21.8 Å². The quantitative estimate of drug-likeness (QED) is 0.437. The van der Waals surface area contributed by atoms with Gasteiger partial charge in [-0.1, -0.05) is 12.1 Å². The van der Waals surface area contributed by atoms with Gasteiger partial charge in [0.15, 0.2) is 0 Å². The minimum atomic E-state index is -0.0992. The molecule has 1 aliphatic rings. The van der Waals surface area contributed by atoms with E-state index in [1.165, 1.54) is 11.3 Å². The van der Waals surface area contributed by atoms with Crippen LogP contribution in [-0.2, 0) is 11.2 Å². The van der Waals surface area contributed by atoms with E-state index in [0.717, 1.165) is 45.2 Å². The number of benzene rings is 2.